The SMILES string of the molecule is Cl.O=C(c1cnn(-c2ccc(Br)cc2)c1)N1C[C@H]2CNC[C@H]2C1. The van der Waals surface area contributed by atoms with E-state index in [1.165, 1.54) is 0 Å². The maximum absolute atomic E-state index is 12.6. The first kappa shape index (κ1) is 16.5. The number of carbonyl (C=O) groups excluding carboxylic acids is 1. The second kappa shape index (κ2) is 6.63. The van der Waals surface area contributed by atoms with Crippen LogP contribution in [0.4, 0.5) is 0 Å². The van der Waals surface area contributed by atoms with Gasteiger partial charge in [-0.05, 0) is 36.1 Å². The van der Waals surface area contributed by atoms with Crippen molar-refractivity contribution in [1.29, 1.82) is 0 Å². The highest BCUT2D eigenvalue weighted by Crippen LogP contribution is 2.27. The highest BCUT2D eigenvalue weighted by Gasteiger charge is 2.38. The van der Waals surface area contributed by atoms with Gasteiger partial charge in [0.15, 0.2) is 0 Å². The molecular weight excluding hydrogens is 380 g/mol. The molecule has 0 unspecified atom stereocenters. The van der Waals surface area contributed by atoms with E-state index >= 15 is 0 Å². The summed E-state index contributed by atoms with van der Waals surface area (Å²) in [5.41, 5.74) is 1.61. The third-order valence-electron chi connectivity index (χ3n) is 4.60. The average Bonchev–Trinajstić information content (AvgIpc) is 3.22. The van der Waals surface area contributed by atoms with Gasteiger partial charge < -0.3 is 10.2 Å². The molecule has 2 atom stereocenters. The van der Waals surface area contributed by atoms with Crippen LogP contribution in [-0.2, 0) is 0 Å². The monoisotopic (exact) mass is 396 g/mol. The molecule has 7 heteroatoms. The first-order valence-corrected chi connectivity index (χ1v) is 8.30. The van der Waals surface area contributed by atoms with Crippen LogP contribution >= 0.6 is 28.3 Å². The van der Waals surface area contributed by atoms with Crippen LogP contribution in [0, 0.1) is 11.8 Å². The van der Waals surface area contributed by atoms with E-state index in [2.05, 4.69) is 26.3 Å². The lowest BCUT2D eigenvalue weighted by Crippen LogP contribution is -2.31. The van der Waals surface area contributed by atoms with Crippen molar-refractivity contribution in [2.24, 2.45) is 11.8 Å². The van der Waals surface area contributed by atoms with E-state index in [0.29, 0.717) is 17.4 Å². The molecule has 3 heterocycles. The molecule has 23 heavy (non-hydrogen) atoms. The first-order chi connectivity index (χ1) is 10.7. The predicted molar refractivity (Wildman–Crippen MR) is 94.3 cm³/mol. The van der Waals surface area contributed by atoms with E-state index in [0.717, 1.165) is 36.3 Å². The largest absolute Gasteiger partial charge is 0.338 e. The first-order valence-electron chi connectivity index (χ1n) is 7.51. The van der Waals surface area contributed by atoms with Gasteiger partial charge in [-0.3, -0.25) is 4.79 Å². The minimum Gasteiger partial charge on any atom is -0.338 e. The number of likely N-dealkylation sites (tertiary alicyclic amines) is 1. The Bertz CT molecular complexity index is 690. The van der Waals surface area contributed by atoms with Gasteiger partial charge in [0.2, 0.25) is 0 Å². The van der Waals surface area contributed by atoms with Crippen LogP contribution in [0.2, 0.25) is 0 Å². The molecule has 1 aromatic heterocycles. The van der Waals surface area contributed by atoms with Gasteiger partial charge in [0, 0.05) is 36.8 Å². The number of carbonyl (C=O) groups is 1. The van der Waals surface area contributed by atoms with Crippen molar-refractivity contribution in [1.82, 2.24) is 20.0 Å². The lowest BCUT2D eigenvalue weighted by molar-refractivity contribution is 0.0781. The molecule has 4 rings (SSSR count). The Labute approximate surface area is 149 Å². The summed E-state index contributed by atoms with van der Waals surface area (Å²) in [7, 11) is 0. The third kappa shape index (κ3) is 3.16. The van der Waals surface area contributed by atoms with Gasteiger partial charge in [-0.15, -0.1) is 12.4 Å². The van der Waals surface area contributed by atoms with Crippen molar-refractivity contribution in [2.45, 2.75) is 0 Å². The van der Waals surface area contributed by atoms with Gasteiger partial charge in [0.1, 0.15) is 0 Å². The second-order valence-corrected chi connectivity index (χ2v) is 6.95. The Hall–Kier alpha value is -1.37. The minimum absolute atomic E-state index is 0. The molecule has 2 aliphatic rings. The standard InChI is InChI=1S/C16H17BrN4O.ClH/c17-14-1-3-15(4-2-14)21-10-13(7-19-21)16(22)20-8-11-5-18-6-12(11)9-20;/h1-4,7,10-12,18H,5-6,8-9H2;1H/t11-,12+;. The summed E-state index contributed by atoms with van der Waals surface area (Å²) in [6.45, 7) is 3.79. The summed E-state index contributed by atoms with van der Waals surface area (Å²) < 4.78 is 2.77. The molecule has 1 N–H and O–H groups in total. The lowest BCUT2D eigenvalue weighted by Gasteiger charge is -2.16. The Kier molecular flexibility index (Phi) is 4.75. The van der Waals surface area contributed by atoms with Crippen molar-refractivity contribution in [3.63, 3.8) is 0 Å². The Morgan fingerprint density at radius 1 is 1.17 bits per heavy atom. The van der Waals surface area contributed by atoms with Crippen LogP contribution in [-0.4, -0.2) is 46.8 Å². The molecule has 2 saturated heterocycles. The van der Waals surface area contributed by atoms with Crippen molar-refractivity contribution < 1.29 is 4.79 Å². The molecule has 0 bridgehead atoms. The summed E-state index contributed by atoms with van der Waals surface area (Å²) in [6, 6.07) is 7.87. The molecular formula is C16H18BrClN4O. The number of nitrogens with zero attached hydrogens (tertiary/aromatic N) is 3. The number of halogens is 2. The van der Waals surface area contributed by atoms with Crippen molar-refractivity contribution in [2.75, 3.05) is 26.2 Å². The second-order valence-electron chi connectivity index (χ2n) is 6.04. The number of aromatic nitrogens is 2. The number of fused-ring (bicyclic) bond motifs is 1. The zero-order chi connectivity index (χ0) is 15.1. The molecule has 2 aliphatic heterocycles. The Balaban J connectivity index is 0.00000156. The van der Waals surface area contributed by atoms with Crippen LogP contribution in [0.5, 0.6) is 0 Å². The number of hydrogen-bond acceptors (Lipinski definition) is 3. The van der Waals surface area contributed by atoms with Crippen molar-refractivity contribution >= 4 is 34.2 Å². The Morgan fingerprint density at radius 2 is 1.83 bits per heavy atom. The van der Waals surface area contributed by atoms with Gasteiger partial charge in [0.25, 0.3) is 5.91 Å². The fourth-order valence-corrected chi connectivity index (χ4v) is 3.64. The topological polar surface area (TPSA) is 50.2 Å². The number of rotatable bonds is 2. The highest BCUT2D eigenvalue weighted by atomic mass is 79.9. The molecule has 0 aliphatic carbocycles. The molecule has 1 aromatic carbocycles. The van der Waals surface area contributed by atoms with Crippen LogP contribution in [0.3, 0.4) is 0 Å². The lowest BCUT2D eigenvalue weighted by atomic mass is 10.0. The number of benzene rings is 1. The molecule has 2 fully saturated rings. The molecule has 0 saturated carbocycles. The van der Waals surface area contributed by atoms with Gasteiger partial charge in [-0.25, -0.2) is 4.68 Å². The van der Waals surface area contributed by atoms with E-state index in [4.69, 9.17) is 0 Å². The summed E-state index contributed by atoms with van der Waals surface area (Å²) in [5.74, 6) is 1.33. The maximum Gasteiger partial charge on any atom is 0.257 e. The maximum atomic E-state index is 12.6. The highest BCUT2D eigenvalue weighted by molar-refractivity contribution is 9.10. The number of hydrogen-bond donors (Lipinski definition) is 1. The average molecular weight is 398 g/mol. The molecule has 0 radical (unpaired) electrons. The van der Waals surface area contributed by atoms with E-state index in [1.54, 1.807) is 10.9 Å². The number of nitrogens with one attached hydrogen (secondary N) is 1. The normalized spacial score (nSPS) is 22.7. The fourth-order valence-electron chi connectivity index (χ4n) is 3.37. The summed E-state index contributed by atoms with van der Waals surface area (Å²) in [5, 5.41) is 7.72. The van der Waals surface area contributed by atoms with Crippen molar-refractivity contribution in [3.05, 3.63) is 46.7 Å². The molecule has 2 aromatic rings. The molecule has 0 spiro atoms. The molecule has 1 amide bonds. The van der Waals surface area contributed by atoms with Crippen LogP contribution in [0.25, 0.3) is 5.69 Å². The van der Waals surface area contributed by atoms with E-state index < -0.39 is 0 Å². The summed E-state index contributed by atoms with van der Waals surface area (Å²) in [4.78, 5) is 14.6. The quantitative estimate of drug-likeness (QED) is 0.846. The fraction of sp³-hybridized carbons (Fsp3) is 0.375. The Morgan fingerprint density at radius 3 is 2.48 bits per heavy atom. The molecule has 5 nitrogen and oxygen atoms in total. The van der Waals surface area contributed by atoms with Crippen LogP contribution in [0.15, 0.2) is 41.1 Å². The van der Waals surface area contributed by atoms with E-state index in [1.807, 2.05) is 35.4 Å². The summed E-state index contributed by atoms with van der Waals surface area (Å²) in [6.07, 6.45) is 3.48. The van der Waals surface area contributed by atoms with Crippen LogP contribution in [0.1, 0.15) is 10.4 Å². The van der Waals surface area contributed by atoms with E-state index in [-0.39, 0.29) is 18.3 Å². The van der Waals surface area contributed by atoms with Gasteiger partial charge in [-0.1, -0.05) is 15.9 Å². The number of amides is 1. The summed E-state index contributed by atoms with van der Waals surface area (Å²) >= 11 is 3.42. The zero-order valence-corrected chi connectivity index (χ0v) is 14.9. The predicted octanol–water partition coefficient (Wildman–Crippen LogP) is 2.35. The third-order valence-corrected chi connectivity index (χ3v) is 5.13. The van der Waals surface area contributed by atoms with Gasteiger partial charge >= 0.3 is 0 Å². The minimum atomic E-state index is 0. The van der Waals surface area contributed by atoms with Crippen molar-refractivity contribution in [3.8, 4) is 5.69 Å². The van der Waals surface area contributed by atoms with E-state index in [9.17, 15) is 4.79 Å². The van der Waals surface area contributed by atoms with Crippen LogP contribution < -0.4 is 5.32 Å². The molecule has 122 valence electrons. The van der Waals surface area contributed by atoms with Gasteiger partial charge in [-0.2, -0.15) is 5.10 Å². The van der Waals surface area contributed by atoms with Gasteiger partial charge in [0.05, 0.1) is 17.4 Å². The zero-order valence-electron chi connectivity index (χ0n) is 12.5. The smallest absolute Gasteiger partial charge is 0.257 e.